The Morgan fingerprint density at radius 1 is 1.54 bits per heavy atom. The van der Waals surface area contributed by atoms with E-state index in [0.29, 0.717) is 6.17 Å². The Balaban J connectivity index is 2.35. The van der Waals surface area contributed by atoms with Crippen molar-refractivity contribution in [1.29, 1.82) is 0 Å². The average molecular weight is 179 g/mol. The van der Waals surface area contributed by atoms with E-state index >= 15 is 0 Å². The van der Waals surface area contributed by atoms with Crippen LogP contribution in [0.4, 0.5) is 0 Å². The first kappa shape index (κ1) is 8.75. The average Bonchev–Trinajstić information content (AvgIpc) is 2.48. The van der Waals surface area contributed by atoms with Gasteiger partial charge in [0, 0.05) is 25.4 Å². The molecule has 0 saturated heterocycles. The molecule has 1 aliphatic rings. The zero-order chi connectivity index (χ0) is 9.47. The normalized spacial score (nSPS) is 22.8. The lowest BCUT2D eigenvalue weighted by atomic mass is 9.91. The molecule has 1 unspecified atom stereocenters. The van der Waals surface area contributed by atoms with Crippen molar-refractivity contribution in [1.82, 2.24) is 14.9 Å². The highest BCUT2D eigenvalue weighted by atomic mass is 15.2. The second-order valence-electron chi connectivity index (χ2n) is 4.72. The fraction of sp³-hybridized carbons (Fsp3) is 0.700. The number of rotatable bonds is 0. The van der Waals surface area contributed by atoms with Gasteiger partial charge in [-0.2, -0.15) is 0 Å². The molecule has 0 spiro atoms. The minimum absolute atomic E-state index is 0.246. The molecule has 1 aliphatic heterocycles. The highest BCUT2D eigenvalue weighted by molar-refractivity contribution is 5.01. The van der Waals surface area contributed by atoms with Crippen molar-refractivity contribution >= 4 is 0 Å². The zero-order valence-electron chi connectivity index (χ0n) is 8.54. The number of fused-ring (bicyclic) bond motifs is 1. The molecule has 0 bridgehead atoms. The summed E-state index contributed by atoms with van der Waals surface area (Å²) in [6.07, 6.45) is 5.39. The summed E-state index contributed by atoms with van der Waals surface area (Å²) in [5.74, 6) is 1.21. The van der Waals surface area contributed by atoms with Crippen LogP contribution in [0.25, 0.3) is 0 Å². The standard InChI is InChI=1S/C10H17N3/c1-10(2,3)9-12-5-4-8-11-6-7-13(8)9/h6-7,9,12H,4-5H2,1-3H3. The molecular weight excluding hydrogens is 162 g/mol. The molecule has 0 saturated carbocycles. The molecule has 13 heavy (non-hydrogen) atoms. The summed E-state index contributed by atoms with van der Waals surface area (Å²) in [6, 6.07) is 0. The second kappa shape index (κ2) is 2.84. The van der Waals surface area contributed by atoms with Crippen LogP contribution in [0.2, 0.25) is 0 Å². The molecule has 1 atom stereocenters. The van der Waals surface area contributed by atoms with E-state index in [9.17, 15) is 0 Å². The molecule has 72 valence electrons. The van der Waals surface area contributed by atoms with Crippen molar-refractivity contribution in [3.8, 4) is 0 Å². The molecule has 0 radical (unpaired) electrons. The van der Waals surface area contributed by atoms with Gasteiger partial charge in [-0.15, -0.1) is 0 Å². The van der Waals surface area contributed by atoms with Crippen molar-refractivity contribution in [3.05, 3.63) is 18.2 Å². The molecule has 0 fully saturated rings. The minimum Gasteiger partial charge on any atom is -0.318 e. The monoisotopic (exact) mass is 179 g/mol. The van der Waals surface area contributed by atoms with Gasteiger partial charge in [-0.1, -0.05) is 20.8 Å². The Morgan fingerprint density at radius 3 is 3.00 bits per heavy atom. The molecule has 3 heteroatoms. The predicted molar refractivity (Wildman–Crippen MR) is 52.4 cm³/mol. The third-order valence-corrected chi connectivity index (χ3v) is 2.53. The van der Waals surface area contributed by atoms with Crippen LogP contribution in [0.15, 0.2) is 12.4 Å². The number of hydrogen-bond donors (Lipinski definition) is 1. The van der Waals surface area contributed by atoms with E-state index in [1.165, 1.54) is 5.82 Å². The zero-order valence-corrected chi connectivity index (χ0v) is 8.54. The molecule has 0 aromatic carbocycles. The molecule has 1 N–H and O–H groups in total. The van der Waals surface area contributed by atoms with Crippen molar-refractivity contribution in [3.63, 3.8) is 0 Å². The van der Waals surface area contributed by atoms with Gasteiger partial charge in [-0.25, -0.2) is 4.98 Å². The summed E-state index contributed by atoms with van der Waals surface area (Å²) >= 11 is 0. The van der Waals surface area contributed by atoms with Gasteiger partial charge in [0.25, 0.3) is 0 Å². The first-order chi connectivity index (χ1) is 6.09. The molecular formula is C10H17N3. The molecule has 1 aromatic heterocycles. The summed E-state index contributed by atoms with van der Waals surface area (Å²) in [5.41, 5.74) is 0.246. The van der Waals surface area contributed by atoms with E-state index < -0.39 is 0 Å². The predicted octanol–water partition coefficient (Wildman–Crippen LogP) is 1.57. The SMILES string of the molecule is CC(C)(C)C1NCCc2nccn21. The number of hydrogen-bond acceptors (Lipinski definition) is 2. The Kier molecular flexibility index (Phi) is 1.91. The maximum atomic E-state index is 4.34. The second-order valence-corrected chi connectivity index (χ2v) is 4.72. The lowest BCUT2D eigenvalue weighted by molar-refractivity contribution is 0.179. The number of aromatic nitrogens is 2. The van der Waals surface area contributed by atoms with Crippen LogP contribution in [0.5, 0.6) is 0 Å². The van der Waals surface area contributed by atoms with Gasteiger partial charge in [-0.3, -0.25) is 5.32 Å². The van der Waals surface area contributed by atoms with Gasteiger partial charge >= 0.3 is 0 Å². The van der Waals surface area contributed by atoms with Gasteiger partial charge < -0.3 is 4.57 Å². The van der Waals surface area contributed by atoms with E-state index in [4.69, 9.17) is 0 Å². The van der Waals surface area contributed by atoms with E-state index in [0.717, 1.165) is 13.0 Å². The molecule has 2 heterocycles. The van der Waals surface area contributed by atoms with Gasteiger partial charge in [0.15, 0.2) is 0 Å². The third-order valence-electron chi connectivity index (χ3n) is 2.53. The number of imidazole rings is 1. The summed E-state index contributed by atoms with van der Waals surface area (Å²) in [4.78, 5) is 4.34. The Hall–Kier alpha value is -0.830. The van der Waals surface area contributed by atoms with E-state index in [-0.39, 0.29) is 5.41 Å². The van der Waals surface area contributed by atoms with E-state index in [1.807, 2.05) is 6.20 Å². The highest BCUT2D eigenvalue weighted by Crippen LogP contribution is 2.30. The number of nitrogens with one attached hydrogen (secondary N) is 1. The quantitative estimate of drug-likeness (QED) is 0.655. The van der Waals surface area contributed by atoms with E-state index in [2.05, 4.69) is 41.8 Å². The summed E-state index contributed by atoms with van der Waals surface area (Å²) < 4.78 is 2.25. The van der Waals surface area contributed by atoms with Crippen molar-refractivity contribution in [2.75, 3.05) is 6.54 Å². The van der Waals surface area contributed by atoms with Crippen LogP contribution >= 0.6 is 0 Å². The van der Waals surface area contributed by atoms with Crippen LogP contribution in [-0.2, 0) is 6.42 Å². The topological polar surface area (TPSA) is 29.9 Å². The molecule has 1 aromatic rings. The molecule has 0 aliphatic carbocycles. The molecule has 0 amide bonds. The van der Waals surface area contributed by atoms with Gasteiger partial charge in [0.05, 0.1) is 6.17 Å². The Bertz CT molecular complexity index is 295. The van der Waals surface area contributed by atoms with Crippen molar-refractivity contribution in [2.24, 2.45) is 5.41 Å². The number of nitrogens with zero attached hydrogens (tertiary/aromatic N) is 2. The van der Waals surface area contributed by atoms with Crippen LogP contribution < -0.4 is 5.32 Å². The van der Waals surface area contributed by atoms with Crippen LogP contribution in [0.3, 0.4) is 0 Å². The lowest BCUT2D eigenvalue weighted by Gasteiger charge is -2.36. The van der Waals surface area contributed by atoms with E-state index in [1.54, 1.807) is 0 Å². The lowest BCUT2D eigenvalue weighted by Crippen LogP contribution is -2.42. The minimum atomic E-state index is 0.246. The van der Waals surface area contributed by atoms with Crippen molar-refractivity contribution in [2.45, 2.75) is 33.4 Å². The maximum Gasteiger partial charge on any atom is 0.111 e. The highest BCUT2D eigenvalue weighted by Gasteiger charge is 2.29. The van der Waals surface area contributed by atoms with Crippen molar-refractivity contribution < 1.29 is 0 Å². The van der Waals surface area contributed by atoms with Gasteiger partial charge in [0.2, 0.25) is 0 Å². The largest absolute Gasteiger partial charge is 0.318 e. The fourth-order valence-electron chi connectivity index (χ4n) is 1.92. The smallest absolute Gasteiger partial charge is 0.111 e. The van der Waals surface area contributed by atoms with Crippen LogP contribution in [0, 0.1) is 5.41 Å². The molecule has 2 rings (SSSR count). The Labute approximate surface area is 79.2 Å². The van der Waals surface area contributed by atoms with Crippen LogP contribution in [0.1, 0.15) is 32.8 Å². The fourth-order valence-corrected chi connectivity index (χ4v) is 1.92. The maximum absolute atomic E-state index is 4.34. The van der Waals surface area contributed by atoms with Crippen LogP contribution in [-0.4, -0.2) is 16.1 Å². The summed E-state index contributed by atoms with van der Waals surface area (Å²) in [5, 5.41) is 3.52. The third kappa shape index (κ3) is 1.48. The summed E-state index contributed by atoms with van der Waals surface area (Å²) in [6.45, 7) is 7.79. The first-order valence-electron chi connectivity index (χ1n) is 4.84. The summed E-state index contributed by atoms with van der Waals surface area (Å²) in [7, 11) is 0. The van der Waals surface area contributed by atoms with Gasteiger partial charge in [-0.05, 0) is 5.41 Å². The molecule has 3 nitrogen and oxygen atoms in total. The Morgan fingerprint density at radius 2 is 2.31 bits per heavy atom. The van der Waals surface area contributed by atoms with Gasteiger partial charge in [0.1, 0.15) is 5.82 Å². The first-order valence-corrected chi connectivity index (χ1v) is 4.84.